The van der Waals surface area contributed by atoms with Crippen molar-refractivity contribution in [1.29, 1.82) is 0 Å². The number of hydrogen-bond donors (Lipinski definition) is 0. The Morgan fingerprint density at radius 2 is 2.09 bits per heavy atom. The fourth-order valence-corrected chi connectivity index (χ4v) is 0.494. The van der Waals surface area contributed by atoms with Crippen LogP contribution in [0.15, 0.2) is 0 Å². The molecule has 0 rings (SSSR count). The number of rotatable bonds is 3. The zero-order valence-electron chi connectivity index (χ0n) is 6.39. The lowest BCUT2D eigenvalue weighted by Gasteiger charge is -2.16. The zero-order valence-corrected chi connectivity index (χ0v) is 7.97. The highest BCUT2D eigenvalue weighted by Gasteiger charge is 2.35. The molecule has 0 saturated heterocycles. The van der Waals surface area contributed by atoms with E-state index in [4.69, 9.17) is 7.85 Å². The average molecular weight is 219 g/mol. The predicted molar refractivity (Wildman–Crippen MR) is 44.7 cm³/mol. The number of esters is 1. The molecular formula is C6H8BBrO3. The second-order valence-corrected chi connectivity index (χ2v) is 3.24. The molecule has 0 fully saturated rings. The number of hydrogen-bond acceptors (Lipinski definition) is 3. The second-order valence-electron chi connectivity index (χ2n) is 1.99. The summed E-state index contributed by atoms with van der Waals surface area (Å²) in [7, 11) is 5.28. The van der Waals surface area contributed by atoms with Gasteiger partial charge in [0.1, 0.15) is 17.9 Å². The number of carbonyl (C=O) groups is 2. The van der Waals surface area contributed by atoms with Crippen molar-refractivity contribution in [3.63, 3.8) is 0 Å². The van der Waals surface area contributed by atoms with E-state index < -0.39 is 16.0 Å². The highest BCUT2D eigenvalue weighted by Crippen LogP contribution is 2.16. The maximum Gasteiger partial charge on any atom is 0.320 e. The summed E-state index contributed by atoms with van der Waals surface area (Å²) in [5.74, 6) is -1.23. The van der Waals surface area contributed by atoms with E-state index >= 15 is 0 Å². The van der Waals surface area contributed by atoms with Crippen molar-refractivity contribution in [3.8, 4) is 0 Å². The molecule has 0 heterocycles. The minimum atomic E-state index is -1.68. The normalized spacial score (nSPS) is 15.2. The summed E-state index contributed by atoms with van der Waals surface area (Å²) in [6, 6.07) is 0. The maximum absolute atomic E-state index is 10.9. The molecule has 0 saturated carbocycles. The summed E-state index contributed by atoms with van der Waals surface area (Å²) >= 11 is 2.77. The first-order valence-corrected chi connectivity index (χ1v) is 3.88. The lowest BCUT2D eigenvalue weighted by Crippen LogP contribution is -2.41. The van der Waals surface area contributed by atoms with Gasteiger partial charge < -0.3 is 4.74 Å². The largest absolute Gasteiger partial charge is 0.465 e. The van der Waals surface area contributed by atoms with Gasteiger partial charge in [-0.15, -0.1) is 0 Å². The lowest BCUT2D eigenvalue weighted by atomic mass is 9.84. The molecule has 1 atom stereocenters. The molecule has 0 amide bonds. The molecule has 0 aliphatic carbocycles. The Bertz CT molecular complexity index is 179. The number of ether oxygens (including phenoxy) is 1. The van der Waals surface area contributed by atoms with E-state index in [1.165, 1.54) is 6.92 Å². The van der Waals surface area contributed by atoms with E-state index in [2.05, 4.69) is 20.7 Å². The smallest absolute Gasteiger partial charge is 0.320 e. The van der Waals surface area contributed by atoms with Crippen molar-refractivity contribution in [2.45, 2.75) is 18.1 Å². The van der Waals surface area contributed by atoms with E-state index in [0.717, 1.165) is 0 Å². The minimum absolute atomic E-state index is 0.205. The highest BCUT2D eigenvalue weighted by molar-refractivity contribution is 9.11. The van der Waals surface area contributed by atoms with Gasteiger partial charge in [0, 0.05) is 0 Å². The molecule has 0 N–H and O–H groups in total. The molecule has 1 unspecified atom stereocenters. The van der Waals surface area contributed by atoms with Gasteiger partial charge in [-0.2, -0.15) is 0 Å². The van der Waals surface area contributed by atoms with Crippen molar-refractivity contribution in [2.24, 2.45) is 0 Å². The molecule has 0 aromatic carbocycles. The fraction of sp³-hybridized carbons (Fsp3) is 0.667. The standard InChI is InChI=1S/C6H8BBrO3/c1-3-11-5(10)6(7,8)4(2)9/h3H2,1-2H3. The third-order valence-corrected chi connectivity index (χ3v) is 1.97. The van der Waals surface area contributed by atoms with Crippen molar-refractivity contribution < 1.29 is 14.3 Å². The molecule has 5 heteroatoms. The number of ketones is 1. The highest BCUT2D eigenvalue weighted by atomic mass is 79.9. The molecule has 0 aromatic heterocycles. The number of halogens is 1. The van der Waals surface area contributed by atoms with Gasteiger partial charge in [0.2, 0.25) is 0 Å². The maximum atomic E-state index is 10.9. The Morgan fingerprint density at radius 3 is 2.36 bits per heavy atom. The van der Waals surface area contributed by atoms with Crippen LogP contribution in [0.5, 0.6) is 0 Å². The van der Waals surface area contributed by atoms with Crippen LogP contribution in [0.1, 0.15) is 13.8 Å². The minimum Gasteiger partial charge on any atom is -0.465 e. The second kappa shape index (κ2) is 3.90. The van der Waals surface area contributed by atoms with Gasteiger partial charge in [-0.05, 0) is 13.8 Å². The number of alkyl halides is 1. The van der Waals surface area contributed by atoms with Crippen molar-refractivity contribution >= 4 is 35.5 Å². The Morgan fingerprint density at radius 1 is 1.64 bits per heavy atom. The van der Waals surface area contributed by atoms with Crippen LogP contribution in [0.2, 0.25) is 0 Å². The summed E-state index contributed by atoms with van der Waals surface area (Å²) < 4.78 is 2.86. The fourth-order valence-electron chi connectivity index (χ4n) is 0.380. The van der Waals surface area contributed by atoms with Crippen molar-refractivity contribution in [1.82, 2.24) is 0 Å². The van der Waals surface area contributed by atoms with Crippen molar-refractivity contribution in [3.05, 3.63) is 0 Å². The summed E-state index contributed by atoms with van der Waals surface area (Å²) in [4.78, 5) is 21.6. The van der Waals surface area contributed by atoms with Crippen LogP contribution in [0, 0.1) is 0 Å². The Hall–Kier alpha value is -0.315. The summed E-state index contributed by atoms with van der Waals surface area (Å²) in [6.45, 7) is 3.06. The van der Waals surface area contributed by atoms with E-state index in [0.29, 0.717) is 0 Å². The van der Waals surface area contributed by atoms with Crippen LogP contribution in [-0.2, 0) is 14.3 Å². The average Bonchev–Trinajstić information content (AvgIpc) is 1.88. The van der Waals surface area contributed by atoms with Gasteiger partial charge >= 0.3 is 5.97 Å². The predicted octanol–water partition coefficient (Wildman–Crippen LogP) is 0.398. The van der Waals surface area contributed by atoms with Crippen LogP contribution in [0.4, 0.5) is 0 Å². The van der Waals surface area contributed by atoms with E-state index in [1.54, 1.807) is 6.92 Å². The topological polar surface area (TPSA) is 43.4 Å². The molecule has 0 bridgehead atoms. The summed E-state index contributed by atoms with van der Waals surface area (Å²) in [5.41, 5.74) is 0. The first kappa shape index (κ1) is 10.7. The van der Waals surface area contributed by atoms with Crippen LogP contribution in [0.25, 0.3) is 0 Å². The van der Waals surface area contributed by atoms with Gasteiger partial charge in [-0.25, -0.2) is 0 Å². The summed E-state index contributed by atoms with van der Waals surface area (Å²) in [6.07, 6.45) is 0. The zero-order chi connectivity index (χ0) is 9.07. The molecule has 60 valence electrons. The molecule has 3 nitrogen and oxygen atoms in total. The SMILES string of the molecule is [B]C(Br)(C(C)=O)C(=O)OCC. The van der Waals surface area contributed by atoms with Crippen LogP contribution >= 0.6 is 15.9 Å². The molecule has 2 radical (unpaired) electrons. The van der Waals surface area contributed by atoms with Crippen LogP contribution in [-0.4, -0.2) is 30.4 Å². The third-order valence-electron chi connectivity index (χ3n) is 1.08. The molecular weight excluding hydrogens is 211 g/mol. The molecule has 0 aliphatic heterocycles. The Labute approximate surface area is 75.0 Å². The number of Topliss-reactive ketones (excluding diaryl/α,β-unsaturated/α-hetero) is 1. The van der Waals surface area contributed by atoms with E-state index in [-0.39, 0.29) is 6.61 Å². The molecule has 0 aliphatic rings. The van der Waals surface area contributed by atoms with Gasteiger partial charge in [-0.1, -0.05) is 15.9 Å². The molecule has 0 spiro atoms. The summed E-state index contributed by atoms with van der Waals surface area (Å²) in [5, 5.41) is 0. The Kier molecular flexibility index (Phi) is 3.79. The van der Waals surface area contributed by atoms with Gasteiger partial charge in [0.15, 0.2) is 0 Å². The Balaban J connectivity index is 4.30. The lowest BCUT2D eigenvalue weighted by molar-refractivity contribution is -0.145. The third kappa shape index (κ3) is 2.65. The van der Waals surface area contributed by atoms with Gasteiger partial charge in [-0.3, -0.25) is 9.59 Å². The van der Waals surface area contributed by atoms with Crippen LogP contribution in [0.3, 0.4) is 0 Å². The first-order chi connectivity index (χ1) is 4.92. The van der Waals surface area contributed by atoms with E-state index in [9.17, 15) is 9.59 Å². The molecule has 0 aromatic rings. The quantitative estimate of drug-likeness (QED) is 0.298. The van der Waals surface area contributed by atoms with Crippen LogP contribution < -0.4 is 0 Å². The van der Waals surface area contributed by atoms with Gasteiger partial charge in [0.05, 0.1) is 6.61 Å². The molecule has 11 heavy (non-hydrogen) atoms. The monoisotopic (exact) mass is 218 g/mol. The van der Waals surface area contributed by atoms with Gasteiger partial charge in [0.25, 0.3) is 0 Å². The van der Waals surface area contributed by atoms with E-state index in [1.807, 2.05) is 0 Å². The number of carbonyl (C=O) groups excluding carboxylic acids is 2. The first-order valence-electron chi connectivity index (χ1n) is 3.09. The van der Waals surface area contributed by atoms with Crippen molar-refractivity contribution in [2.75, 3.05) is 6.61 Å².